The third kappa shape index (κ3) is 5.06. The molecule has 1 aromatic heterocycles. The molecule has 0 saturated heterocycles. The van der Waals surface area contributed by atoms with Gasteiger partial charge in [-0.25, -0.2) is 0 Å². The summed E-state index contributed by atoms with van der Waals surface area (Å²) in [6.07, 6.45) is 2.10. The normalized spacial score (nSPS) is 12.1. The zero-order valence-corrected chi connectivity index (χ0v) is 18.6. The van der Waals surface area contributed by atoms with Crippen LogP contribution in [-0.2, 0) is 11.3 Å². The van der Waals surface area contributed by atoms with Crippen LogP contribution in [0.5, 0.6) is 0 Å². The third-order valence-electron chi connectivity index (χ3n) is 4.42. The molecule has 0 bridgehead atoms. The van der Waals surface area contributed by atoms with Crippen LogP contribution >= 0.6 is 34.9 Å². The number of aryl methyl sites for hydroxylation is 4. The summed E-state index contributed by atoms with van der Waals surface area (Å²) in [4.78, 5) is 18.8. The number of hydrogen-bond donors (Lipinski definition) is 0. The molecule has 0 atom stereocenters. The second kappa shape index (κ2) is 9.13. The summed E-state index contributed by atoms with van der Waals surface area (Å²) in [5, 5.41) is 0. The lowest BCUT2D eigenvalue weighted by Crippen LogP contribution is -2.18. The second-order valence-corrected chi connectivity index (χ2v) is 9.58. The van der Waals surface area contributed by atoms with Gasteiger partial charge in [-0.15, -0.1) is 11.8 Å². The number of nitrogens with zero attached hydrogens (tertiary/aromatic N) is 2. The van der Waals surface area contributed by atoms with Crippen molar-refractivity contribution < 1.29 is 4.79 Å². The van der Waals surface area contributed by atoms with E-state index in [0.717, 1.165) is 22.0 Å². The van der Waals surface area contributed by atoms with Crippen LogP contribution in [0.1, 0.15) is 16.7 Å². The number of carbonyl (C=O) groups excluding carboxylic acids is 1. The molecule has 0 fully saturated rings. The Morgan fingerprint density at radius 1 is 1.11 bits per heavy atom. The number of amides is 1. The number of rotatable bonds is 6. The molecule has 142 valence electrons. The average Bonchev–Trinajstić information content (AvgIpc) is 2.96. The monoisotopic (exact) mass is 416 g/mol. The van der Waals surface area contributed by atoms with E-state index in [4.69, 9.17) is 0 Å². The SMILES string of the molecule is CSCCn1c(=NC(=O)CSc2ccc(C)cc2)sc2cc(C)c(C)cc21. The van der Waals surface area contributed by atoms with Crippen LogP contribution in [0, 0.1) is 20.8 Å². The number of aromatic nitrogens is 1. The molecule has 0 N–H and O–H groups in total. The van der Waals surface area contributed by atoms with Crippen molar-refractivity contribution in [2.45, 2.75) is 32.2 Å². The topological polar surface area (TPSA) is 34.4 Å². The Labute approximate surface area is 172 Å². The summed E-state index contributed by atoms with van der Waals surface area (Å²) in [5.41, 5.74) is 4.94. The number of thiazole rings is 1. The predicted octanol–water partition coefficient (Wildman–Crippen LogP) is 5.21. The molecule has 0 saturated carbocycles. The maximum Gasteiger partial charge on any atom is 0.258 e. The zero-order valence-electron chi connectivity index (χ0n) is 16.1. The lowest BCUT2D eigenvalue weighted by atomic mass is 10.1. The first-order valence-electron chi connectivity index (χ1n) is 8.84. The average molecular weight is 417 g/mol. The van der Waals surface area contributed by atoms with Gasteiger partial charge in [-0.2, -0.15) is 16.8 Å². The fourth-order valence-electron chi connectivity index (χ4n) is 2.72. The third-order valence-corrected chi connectivity index (χ3v) is 7.05. The van der Waals surface area contributed by atoms with Crippen LogP contribution in [0.25, 0.3) is 10.2 Å². The van der Waals surface area contributed by atoms with Crippen molar-refractivity contribution >= 4 is 51.0 Å². The molecule has 0 aliphatic rings. The molecule has 6 heteroatoms. The molecule has 3 rings (SSSR count). The van der Waals surface area contributed by atoms with Crippen LogP contribution in [-0.4, -0.2) is 28.2 Å². The van der Waals surface area contributed by atoms with Crippen LogP contribution in [0.4, 0.5) is 0 Å². The first-order chi connectivity index (χ1) is 13.0. The Bertz CT molecular complexity index is 1020. The maximum atomic E-state index is 12.5. The molecule has 0 unspecified atom stereocenters. The van der Waals surface area contributed by atoms with E-state index in [0.29, 0.717) is 5.75 Å². The van der Waals surface area contributed by atoms with Gasteiger partial charge in [0.15, 0.2) is 4.80 Å². The van der Waals surface area contributed by atoms with Gasteiger partial charge in [0.1, 0.15) is 0 Å². The summed E-state index contributed by atoms with van der Waals surface area (Å²) in [6, 6.07) is 12.7. The van der Waals surface area contributed by atoms with E-state index in [-0.39, 0.29) is 5.91 Å². The molecule has 0 aliphatic carbocycles. The predicted molar refractivity (Wildman–Crippen MR) is 120 cm³/mol. The van der Waals surface area contributed by atoms with Gasteiger partial charge in [0, 0.05) is 17.2 Å². The van der Waals surface area contributed by atoms with Gasteiger partial charge in [-0.1, -0.05) is 29.0 Å². The van der Waals surface area contributed by atoms with Gasteiger partial charge in [0.05, 0.1) is 16.0 Å². The van der Waals surface area contributed by atoms with Gasteiger partial charge in [-0.3, -0.25) is 4.79 Å². The highest BCUT2D eigenvalue weighted by atomic mass is 32.2. The number of fused-ring (bicyclic) bond motifs is 1. The Kier molecular flexibility index (Phi) is 6.84. The maximum absolute atomic E-state index is 12.5. The number of benzene rings is 2. The van der Waals surface area contributed by atoms with E-state index in [1.807, 2.05) is 0 Å². The Morgan fingerprint density at radius 3 is 2.52 bits per heavy atom. The second-order valence-electron chi connectivity index (χ2n) is 6.54. The molecular weight excluding hydrogens is 392 g/mol. The van der Waals surface area contributed by atoms with Crippen LogP contribution < -0.4 is 4.80 Å². The van der Waals surface area contributed by atoms with Gasteiger partial charge in [-0.05, 0) is 62.4 Å². The molecule has 2 aromatic carbocycles. The molecule has 27 heavy (non-hydrogen) atoms. The van der Waals surface area contributed by atoms with Gasteiger partial charge >= 0.3 is 0 Å². The summed E-state index contributed by atoms with van der Waals surface area (Å²) in [6.45, 7) is 7.18. The van der Waals surface area contributed by atoms with E-state index >= 15 is 0 Å². The fraction of sp³-hybridized carbons (Fsp3) is 0.333. The fourth-order valence-corrected chi connectivity index (χ4v) is 4.93. The van der Waals surface area contributed by atoms with Crippen LogP contribution in [0.3, 0.4) is 0 Å². The largest absolute Gasteiger partial charge is 0.316 e. The standard InChI is InChI=1S/C21H24N2OS3/c1-14-5-7-17(8-6-14)26-13-20(24)22-21-23(9-10-25-4)18-11-15(2)16(3)12-19(18)27-21/h5-8,11-12H,9-10,13H2,1-4H3. The minimum Gasteiger partial charge on any atom is -0.316 e. The molecule has 3 aromatic rings. The number of carbonyl (C=O) groups is 1. The number of thioether (sulfide) groups is 2. The first-order valence-corrected chi connectivity index (χ1v) is 12.0. The first kappa shape index (κ1) is 20.2. The van der Waals surface area contributed by atoms with Crippen molar-refractivity contribution in [1.82, 2.24) is 4.57 Å². The summed E-state index contributed by atoms with van der Waals surface area (Å²) >= 11 is 4.95. The van der Waals surface area contributed by atoms with Crippen molar-refractivity contribution in [3.05, 3.63) is 57.9 Å². The summed E-state index contributed by atoms with van der Waals surface area (Å²) in [7, 11) is 0. The summed E-state index contributed by atoms with van der Waals surface area (Å²) < 4.78 is 3.38. The van der Waals surface area contributed by atoms with Gasteiger partial charge < -0.3 is 4.57 Å². The van der Waals surface area contributed by atoms with Crippen LogP contribution in [0.2, 0.25) is 0 Å². The Balaban J connectivity index is 1.88. The Hall–Kier alpha value is -1.50. The van der Waals surface area contributed by atoms with Crippen molar-refractivity contribution in [2.24, 2.45) is 4.99 Å². The Morgan fingerprint density at radius 2 is 1.81 bits per heavy atom. The molecule has 0 aliphatic heterocycles. The van der Waals surface area contributed by atoms with Crippen molar-refractivity contribution in [1.29, 1.82) is 0 Å². The highest BCUT2D eigenvalue weighted by Gasteiger charge is 2.10. The smallest absolute Gasteiger partial charge is 0.258 e. The minimum atomic E-state index is -0.0847. The lowest BCUT2D eigenvalue weighted by molar-refractivity contribution is -0.115. The molecule has 1 heterocycles. The van der Waals surface area contributed by atoms with E-state index in [1.54, 1.807) is 23.1 Å². The zero-order chi connectivity index (χ0) is 19.4. The highest BCUT2D eigenvalue weighted by molar-refractivity contribution is 8.00. The van der Waals surface area contributed by atoms with Crippen molar-refractivity contribution in [2.75, 3.05) is 17.8 Å². The lowest BCUT2D eigenvalue weighted by Gasteiger charge is -2.06. The summed E-state index contributed by atoms with van der Waals surface area (Å²) in [5.74, 6) is 1.27. The molecule has 1 amide bonds. The molecule has 0 radical (unpaired) electrons. The van der Waals surface area contributed by atoms with E-state index in [9.17, 15) is 4.79 Å². The van der Waals surface area contributed by atoms with E-state index in [2.05, 4.69) is 73.0 Å². The van der Waals surface area contributed by atoms with Gasteiger partial charge in [0.25, 0.3) is 5.91 Å². The highest BCUT2D eigenvalue weighted by Crippen LogP contribution is 2.23. The molecular formula is C21H24N2OS3. The van der Waals surface area contributed by atoms with E-state index in [1.165, 1.54) is 38.7 Å². The molecule has 3 nitrogen and oxygen atoms in total. The quantitative estimate of drug-likeness (QED) is 0.517. The van der Waals surface area contributed by atoms with Crippen molar-refractivity contribution in [3.8, 4) is 0 Å². The van der Waals surface area contributed by atoms with Gasteiger partial charge in [0.2, 0.25) is 0 Å². The van der Waals surface area contributed by atoms with Crippen LogP contribution in [0.15, 0.2) is 46.3 Å². The minimum absolute atomic E-state index is 0.0847. The van der Waals surface area contributed by atoms with Crippen molar-refractivity contribution in [3.63, 3.8) is 0 Å². The number of hydrogen-bond acceptors (Lipinski definition) is 4. The van der Waals surface area contributed by atoms with E-state index < -0.39 is 0 Å². The molecule has 0 spiro atoms.